The Hall–Kier alpha value is -1.76. The lowest BCUT2D eigenvalue weighted by Crippen LogP contribution is -1.93. The molecule has 0 spiro atoms. The largest absolute Gasteiger partial charge is 0.469 e. The van der Waals surface area contributed by atoms with Gasteiger partial charge < -0.3 is 4.42 Å². The Balaban J connectivity index is 2.03. The van der Waals surface area contributed by atoms with E-state index in [0.29, 0.717) is 5.92 Å². The molecule has 1 aromatic heterocycles. The van der Waals surface area contributed by atoms with Crippen molar-refractivity contribution in [3.8, 4) is 0 Å². The second kappa shape index (κ2) is 4.84. The third kappa shape index (κ3) is 2.43. The molecule has 0 saturated heterocycles. The zero-order valence-corrected chi connectivity index (χ0v) is 9.52. The lowest BCUT2D eigenvalue weighted by molar-refractivity contribution is 0.477. The van der Waals surface area contributed by atoms with Gasteiger partial charge in [0, 0.05) is 5.92 Å². The molecule has 1 atom stereocenters. The van der Waals surface area contributed by atoms with Crippen LogP contribution in [0.1, 0.15) is 30.6 Å². The van der Waals surface area contributed by atoms with Gasteiger partial charge in [-0.1, -0.05) is 43.8 Å². The van der Waals surface area contributed by atoms with Crippen LogP contribution in [-0.4, -0.2) is 0 Å². The Bertz CT molecular complexity index is 440. The summed E-state index contributed by atoms with van der Waals surface area (Å²) in [4.78, 5) is 0. The van der Waals surface area contributed by atoms with E-state index in [1.165, 1.54) is 5.56 Å². The van der Waals surface area contributed by atoms with Crippen LogP contribution in [0.2, 0.25) is 0 Å². The number of hydrogen-bond acceptors (Lipinski definition) is 1. The van der Waals surface area contributed by atoms with E-state index in [4.69, 9.17) is 4.42 Å². The normalized spacial score (nSPS) is 12.3. The van der Waals surface area contributed by atoms with E-state index in [1.807, 2.05) is 30.3 Å². The SMILES string of the molecule is C=C(CC(C)c1ccco1)c1ccccc1. The summed E-state index contributed by atoms with van der Waals surface area (Å²) >= 11 is 0. The van der Waals surface area contributed by atoms with Crippen molar-refractivity contribution in [3.05, 3.63) is 66.6 Å². The van der Waals surface area contributed by atoms with E-state index in [-0.39, 0.29) is 0 Å². The average Bonchev–Trinajstić information content (AvgIpc) is 2.83. The summed E-state index contributed by atoms with van der Waals surface area (Å²) in [5, 5.41) is 0. The van der Waals surface area contributed by atoms with Crippen LogP contribution in [0, 0.1) is 0 Å². The molecular weight excluding hydrogens is 196 g/mol. The number of furan rings is 1. The topological polar surface area (TPSA) is 13.1 Å². The highest BCUT2D eigenvalue weighted by atomic mass is 16.3. The van der Waals surface area contributed by atoms with Gasteiger partial charge in [0.1, 0.15) is 5.76 Å². The zero-order valence-electron chi connectivity index (χ0n) is 9.52. The molecule has 1 heterocycles. The van der Waals surface area contributed by atoms with Crippen molar-refractivity contribution in [2.24, 2.45) is 0 Å². The molecule has 0 bridgehead atoms. The monoisotopic (exact) mass is 212 g/mol. The van der Waals surface area contributed by atoms with Crippen molar-refractivity contribution >= 4 is 5.57 Å². The molecule has 2 rings (SSSR count). The van der Waals surface area contributed by atoms with Crippen LogP contribution in [0.4, 0.5) is 0 Å². The third-order valence-electron chi connectivity index (χ3n) is 2.76. The summed E-state index contributed by atoms with van der Waals surface area (Å²) in [6, 6.07) is 14.2. The van der Waals surface area contributed by atoms with Crippen molar-refractivity contribution in [1.82, 2.24) is 0 Å². The van der Waals surface area contributed by atoms with Gasteiger partial charge in [0.2, 0.25) is 0 Å². The fraction of sp³-hybridized carbons (Fsp3) is 0.200. The summed E-state index contributed by atoms with van der Waals surface area (Å²) < 4.78 is 5.39. The zero-order chi connectivity index (χ0) is 11.4. The van der Waals surface area contributed by atoms with E-state index in [9.17, 15) is 0 Å². The van der Waals surface area contributed by atoms with Crippen molar-refractivity contribution in [2.75, 3.05) is 0 Å². The lowest BCUT2D eigenvalue weighted by atomic mass is 9.95. The van der Waals surface area contributed by atoms with Gasteiger partial charge in [0.05, 0.1) is 6.26 Å². The van der Waals surface area contributed by atoms with Gasteiger partial charge in [-0.2, -0.15) is 0 Å². The Kier molecular flexibility index (Phi) is 3.25. The number of benzene rings is 1. The molecule has 0 N–H and O–H groups in total. The maximum absolute atomic E-state index is 5.39. The molecule has 0 amide bonds. The van der Waals surface area contributed by atoms with E-state index >= 15 is 0 Å². The minimum absolute atomic E-state index is 0.378. The molecular formula is C15H16O. The van der Waals surface area contributed by atoms with Crippen molar-refractivity contribution in [2.45, 2.75) is 19.3 Å². The first kappa shape index (κ1) is 10.7. The maximum atomic E-state index is 5.39. The quantitative estimate of drug-likeness (QED) is 0.728. The van der Waals surface area contributed by atoms with Gasteiger partial charge in [-0.05, 0) is 29.7 Å². The second-order valence-electron chi connectivity index (χ2n) is 4.09. The number of hydrogen-bond donors (Lipinski definition) is 0. The Labute approximate surface area is 96.4 Å². The van der Waals surface area contributed by atoms with Crippen LogP contribution in [0.15, 0.2) is 59.7 Å². The van der Waals surface area contributed by atoms with Gasteiger partial charge in [-0.25, -0.2) is 0 Å². The predicted molar refractivity (Wildman–Crippen MR) is 67.2 cm³/mol. The molecule has 82 valence electrons. The van der Waals surface area contributed by atoms with E-state index < -0.39 is 0 Å². The molecule has 1 aromatic carbocycles. The minimum Gasteiger partial charge on any atom is -0.469 e. The van der Waals surface area contributed by atoms with E-state index in [2.05, 4.69) is 25.6 Å². The molecule has 0 aliphatic carbocycles. The highest BCUT2D eigenvalue weighted by Crippen LogP contribution is 2.27. The van der Waals surface area contributed by atoms with Crippen molar-refractivity contribution < 1.29 is 4.42 Å². The van der Waals surface area contributed by atoms with Gasteiger partial charge in [-0.3, -0.25) is 0 Å². The maximum Gasteiger partial charge on any atom is 0.106 e. The van der Waals surface area contributed by atoms with E-state index in [0.717, 1.165) is 17.8 Å². The summed E-state index contributed by atoms with van der Waals surface area (Å²) in [6.45, 7) is 6.29. The molecule has 1 unspecified atom stereocenters. The fourth-order valence-corrected chi connectivity index (χ4v) is 1.83. The molecule has 0 radical (unpaired) electrons. The van der Waals surface area contributed by atoms with Gasteiger partial charge in [-0.15, -0.1) is 0 Å². The molecule has 16 heavy (non-hydrogen) atoms. The first-order valence-electron chi connectivity index (χ1n) is 5.54. The Morgan fingerprint density at radius 2 is 1.94 bits per heavy atom. The summed E-state index contributed by atoms with van der Waals surface area (Å²) in [5.74, 6) is 1.40. The van der Waals surface area contributed by atoms with E-state index in [1.54, 1.807) is 6.26 Å². The first-order valence-corrected chi connectivity index (χ1v) is 5.54. The molecule has 0 fully saturated rings. The molecule has 0 saturated carbocycles. The summed E-state index contributed by atoms with van der Waals surface area (Å²) in [5.41, 5.74) is 2.37. The fourth-order valence-electron chi connectivity index (χ4n) is 1.83. The van der Waals surface area contributed by atoms with Crippen molar-refractivity contribution in [3.63, 3.8) is 0 Å². The van der Waals surface area contributed by atoms with Crippen LogP contribution in [0.5, 0.6) is 0 Å². The highest BCUT2D eigenvalue weighted by Gasteiger charge is 2.10. The third-order valence-corrected chi connectivity index (χ3v) is 2.76. The second-order valence-corrected chi connectivity index (χ2v) is 4.09. The Morgan fingerprint density at radius 3 is 2.56 bits per heavy atom. The highest BCUT2D eigenvalue weighted by molar-refractivity contribution is 5.63. The van der Waals surface area contributed by atoms with Crippen molar-refractivity contribution in [1.29, 1.82) is 0 Å². The molecule has 2 aromatic rings. The molecule has 1 heteroatoms. The smallest absolute Gasteiger partial charge is 0.106 e. The minimum atomic E-state index is 0.378. The summed E-state index contributed by atoms with van der Waals surface area (Å²) in [6.07, 6.45) is 2.65. The number of allylic oxidation sites excluding steroid dienone is 1. The predicted octanol–water partition coefficient (Wildman–Crippen LogP) is 4.49. The molecule has 1 nitrogen and oxygen atoms in total. The van der Waals surface area contributed by atoms with Crippen LogP contribution >= 0.6 is 0 Å². The Morgan fingerprint density at radius 1 is 1.19 bits per heavy atom. The van der Waals surface area contributed by atoms with Gasteiger partial charge in [0.15, 0.2) is 0 Å². The average molecular weight is 212 g/mol. The lowest BCUT2D eigenvalue weighted by Gasteiger charge is -2.11. The summed E-state index contributed by atoms with van der Waals surface area (Å²) in [7, 11) is 0. The van der Waals surface area contributed by atoms with Gasteiger partial charge in [0.25, 0.3) is 0 Å². The standard InChI is InChI=1S/C15H16O/c1-12(14-7-4-3-5-8-14)11-13(2)15-9-6-10-16-15/h3-10,13H,1,11H2,2H3. The van der Waals surface area contributed by atoms with Crippen LogP contribution < -0.4 is 0 Å². The molecule has 0 aliphatic rings. The first-order chi connectivity index (χ1) is 7.77. The van der Waals surface area contributed by atoms with Gasteiger partial charge >= 0.3 is 0 Å². The van der Waals surface area contributed by atoms with Crippen LogP contribution in [0.3, 0.4) is 0 Å². The van der Waals surface area contributed by atoms with Crippen LogP contribution in [0.25, 0.3) is 5.57 Å². The number of rotatable bonds is 4. The van der Waals surface area contributed by atoms with Crippen LogP contribution in [-0.2, 0) is 0 Å². The molecule has 0 aliphatic heterocycles.